The van der Waals surface area contributed by atoms with Crippen LogP contribution in [0.2, 0.25) is 5.02 Å². The number of likely N-dealkylation sites (N-methyl/N-ethyl adjacent to an activating group) is 1. The first kappa shape index (κ1) is 13.6. The lowest BCUT2D eigenvalue weighted by atomic mass is 10.2. The minimum Gasteiger partial charge on any atom is -0.497 e. The number of carbonyl (C=O) groups excluding carboxylic acids is 1. The zero-order chi connectivity index (χ0) is 13.0. The van der Waals surface area contributed by atoms with Crippen molar-refractivity contribution in [1.29, 1.82) is 0 Å². The number of benzene rings is 1. The van der Waals surface area contributed by atoms with Crippen molar-refractivity contribution in [2.45, 2.75) is 13.0 Å². The molecule has 1 amide bonds. The van der Waals surface area contributed by atoms with Gasteiger partial charge in [-0.25, -0.2) is 0 Å². The Morgan fingerprint density at radius 3 is 2.65 bits per heavy atom. The van der Waals surface area contributed by atoms with E-state index in [1.807, 2.05) is 0 Å². The van der Waals surface area contributed by atoms with Crippen LogP contribution in [0.4, 0.5) is 5.69 Å². The molecule has 5 heteroatoms. The Balaban J connectivity index is 2.83. The molecule has 1 aromatic rings. The highest BCUT2D eigenvalue weighted by molar-refractivity contribution is 6.33. The van der Waals surface area contributed by atoms with Crippen molar-refractivity contribution in [2.75, 3.05) is 26.5 Å². The molecule has 1 aromatic carbocycles. The van der Waals surface area contributed by atoms with Crippen molar-refractivity contribution in [3.8, 4) is 5.75 Å². The molecule has 1 N–H and O–H groups in total. The molecule has 0 spiro atoms. The van der Waals surface area contributed by atoms with Gasteiger partial charge in [0.1, 0.15) is 11.8 Å². The Morgan fingerprint density at radius 2 is 2.12 bits per heavy atom. The number of methoxy groups -OCH3 is 1. The molecule has 94 valence electrons. The van der Waals surface area contributed by atoms with Crippen LogP contribution in [0, 0.1) is 0 Å². The van der Waals surface area contributed by atoms with Crippen LogP contribution in [0.1, 0.15) is 6.92 Å². The number of ether oxygens (including phenoxy) is 1. The predicted molar refractivity (Wildman–Crippen MR) is 69.8 cm³/mol. The molecule has 0 fully saturated rings. The average molecular weight is 257 g/mol. The number of hydrogen-bond donors (Lipinski definition) is 1. The first-order valence-electron chi connectivity index (χ1n) is 5.27. The lowest BCUT2D eigenvalue weighted by Gasteiger charge is -2.19. The van der Waals surface area contributed by atoms with E-state index in [-0.39, 0.29) is 11.9 Å². The summed E-state index contributed by atoms with van der Waals surface area (Å²) in [6.07, 6.45) is 0. The van der Waals surface area contributed by atoms with E-state index in [9.17, 15) is 4.79 Å². The fourth-order valence-corrected chi connectivity index (χ4v) is 1.60. The topological polar surface area (TPSA) is 41.6 Å². The second kappa shape index (κ2) is 5.77. The summed E-state index contributed by atoms with van der Waals surface area (Å²) < 4.78 is 5.11. The van der Waals surface area contributed by atoms with Crippen LogP contribution >= 0.6 is 11.6 Å². The number of amides is 1. The Hall–Kier alpha value is -1.42. The predicted octanol–water partition coefficient (Wildman–Crippen LogP) is 2.24. The monoisotopic (exact) mass is 256 g/mol. The third-order valence-electron chi connectivity index (χ3n) is 2.36. The van der Waals surface area contributed by atoms with Gasteiger partial charge < -0.3 is 15.0 Å². The first-order valence-corrected chi connectivity index (χ1v) is 5.64. The number of nitrogens with zero attached hydrogens (tertiary/aromatic N) is 1. The van der Waals surface area contributed by atoms with Gasteiger partial charge in [-0.1, -0.05) is 11.6 Å². The van der Waals surface area contributed by atoms with Crippen molar-refractivity contribution in [3.05, 3.63) is 23.2 Å². The normalized spacial score (nSPS) is 11.8. The van der Waals surface area contributed by atoms with Crippen LogP contribution in [-0.2, 0) is 4.79 Å². The molecule has 0 aromatic heterocycles. The maximum atomic E-state index is 11.7. The molecule has 17 heavy (non-hydrogen) atoms. The van der Waals surface area contributed by atoms with Crippen LogP contribution in [0.5, 0.6) is 5.75 Å². The van der Waals surface area contributed by atoms with Gasteiger partial charge in [0.25, 0.3) is 0 Å². The summed E-state index contributed by atoms with van der Waals surface area (Å²) in [5, 5.41) is 3.62. The summed E-state index contributed by atoms with van der Waals surface area (Å²) in [6.45, 7) is 1.79. The van der Waals surface area contributed by atoms with E-state index >= 15 is 0 Å². The van der Waals surface area contributed by atoms with Crippen molar-refractivity contribution in [1.82, 2.24) is 4.90 Å². The number of nitrogens with one attached hydrogen (secondary N) is 1. The number of hydrogen-bond acceptors (Lipinski definition) is 3. The van der Waals surface area contributed by atoms with E-state index in [1.165, 1.54) is 4.90 Å². The van der Waals surface area contributed by atoms with Crippen LogP contribution in [-0.4, -0.2) is 38.1 Å². The summed E-state index contributed by atoms with van der Waals surface area (Å²) >= 11 is 6.04. The molecular formula is C12H17ClN2O2. The maximum Gasteiger partial charge on any atom is 0.244 e. The van der Waals surface area contributed by atoms with Gasteiger partial charge in [0.15, 0.2) is 0 Å². The van der Waals surface area contributed by atoms with E-state index in [4.69, 9.17) is 16.3 Å². The van der Waals surface area contributed by atoms with E-state index in [0.29, 0.717) is 16.5 Å². The Bertz CT molecular complexity index is 407. The standard InChI is InChI=1S/C12H17ClN2O2/c1-8(12(16)15(2)3)14-11-7-9(17-4)5-6-10(11)13/h5-8,14H,1-4H3. The van der Waals surface area contributed by atoms with Gasteiger partial charge in [-0.2, -0.15) is 0 Å². The zero-order valence-corrected chi connectivity index (χ0v) is 11.2. The number of anilines is 1. The summed E-state index contributed by atoms with van der Waals surface area (Å²) in [6, 6.07) is 4.93. The minimum atomic E-state index is -0.338. The molecule has 1 atom stereocenters. The average Bonchev–Trinajstić information content (AvgIpc) is 2.30. The zero-order valence-electron chi connectivity index (χ0n) is 10.5. The lowest BCUT2D eigenvalue weighted by Crippen LogP contribution is -2.36. The van der Waals surface area contributed by atoms with E-state index in [2.05, 4.69) is 5.32 Å². The second-order valence-corrected chi connectivity index (χ2v) is 4.35. The third-order valence-corrected chi connectivity index (χ3v) is 2.69. The quantitative estimate of drug-likeness (QED) is 0.898. The van der Waals surface area contributed by atoms with E-state index in [1.54, 1.807) is 46.3 Å². The Labute approximate surface area is 107 Å². The molecule has 0 aliphatic rings. The van der Waals surface area contributed by atoms with Crippen molar-refractivity contribution in [3.63, 3.8) is 0 Å². The van der Waals surface area contributed by atoms with Crippen LogP contribution < -0.4 is 10.1 Å². The van der Waals surface area contributed by atoms with E-state index in [0.717, 1.165) is 0 Å². The SMILES string of the molecule is COc1ccc(Cl)c(NC(C)C(=O)N(C)C)c1. The smallest absolute Gasteiger partial charge is 0.244 e. The van der Waals surface area contributed by atoms with Gasteiger partial charge in [0, 0.05) is 20.2 Å². The molecule has 0 heterocycles. The molecule has 0 saturated heterocycles. The van der Waals surface area contributed by atoms with Crippen LogP contribution in [0.15, 0.2) is 18.2 Å². The summed E-state index contributed by atoms with van der Waals surface area (Å²) in [4.78, 5) is 13.2. The van der Waals surface area contributed by atoms with Gasteiger partial charge >= 0.3 is 0 Å². The van der Waals surface area contributed by atoms with Gasteiger partial charge in [-0.05, 0) is 19.1 Å². The molecule has 0 aliphatic heterocycles. The van der Waals surface area contributed by atoms with Crippen molar-refractivity contribution in [2.24, 2.45) is 0 Å². The molecule has 0 bridgehead atoms. The molecule has 0 radical (unpaired) electrons. The molecule has 1 unspecified atom stereocenters. The number of halogens is 1. The van der Waals surface area contributed by atoms with Crippen LogP contribution in [0.25, 0.3) is 0 Å². The number of rotatable bonds is 4. The largest absolute Gasteiger partial charge is 0.497 e. The van der Waals surface area contributed by atoms with E-state index < -0.39 is 0 Å². The highest BCUT2D eigenvalue weighted by Crippen LogP contribution is 2.27. The second-order valence-electron chi connectivity index (χ2n) is 3.94. The molecule has 4 nitrogen and oxygen atoms in total. The Morgan fingerprint density at radius 1 is 1.47 bits per heavy atom. The summed E-state index contributed by atoms with van der Waals surface area (Å²) in [7, 11) is 5.02. The van der Waals surface area contributed by atoms with Crippen molar-refractivity contribution < 1.29 is 9.53 Å². The maximum absolute atomic E-state index is 11.7. The molecular weight excluding hydrogens is 240 g/mol. The molecule has 0 aliphatic carbocycles. The Kier molecular flexibility index (Phi) is 4.63. The summed E-state index contributed by atoms with van der Waals surface area (Å²) in [5.74, 6) is 0.685. The van der Waals surface area contributed by atoms with Gasteiger partial charge in [0.05, 0.1) is 17.8 Å². The van der Waals surface area contributed by atoms with Gasteiger partial charge in [-0.3, -0.25) is 4.79 Å². The van der Waals surface area contributed by atoms with Gasteiger partial charge in [0.2, 0.25) is 5.91 Å². The fraction of sp³-hybridized carbons (Fsp3) is 0.417. The number of carbonyl (C=O) groups is 1. The fourth-order valence-electron chi connectivity index (χ4n) is 1.42. The first-order chi connectivity index (χ1) is 7.95. The molecule has 0 saturated carbocycles. The highest BCUT2D eigenvalue weighted by Gasteiger charge is 2.15. The third kappa shape index (κ3) is 3.53. The minimum absolute atomic E-state index is 0.0103. The van der Waals surface area contributed by atoms with Crippen LogP contribution in [0.3, 0.4) is 0 Å². The van der Waals surface area contributed by atoms with Crippen molar-refractivity contribution >= 4 is 23.2 Å². The highest BCUT2D eigenvalue weighted by atomic mass is 35.5. The summed E-state index contributed by atoms with van der Waals surface area (Å²) in [5.41, 5.74) is 0.689. The lowest BCUT2D eigenvalue weighted by molar-refractivity contribution is -0.129. The van der Waals surface area contributed by atoms with Gasteiger partial charge in [-0.15, -0.1) is 0 Å². The molecule has 1 rings (SSSR count).